The molecule has 1 N–H and O–H groups in total. The van der Waals surface area contributed by atoms with Crippen LogP contribution < -0.4 is 5.32 Å². The highest BCUT2D eigenvalue weighted by Gasteiger charge is 2.68. The third-order valence-corrected chi connectivity index (χ3v) is 9.19. The van der Waals surface area contributed by atoms with Gasteiger partial charge in [0.25, 0.3) is 5.91 Å². The van der Waals surface area contributed by atoms with Crippen LogP contribution in [0.25, 0.3) is 0 Å². The number of carbonyl (C=O) groups excluding carboxylic acids is 3. The van der Waals surface area contributed by atoms with Gasteiger partial charge in [0.2, 0.25) is 0 Å². The first-order chi connectivity index (χ1) is 12.7. The van der Waals surface area contributed by atoms with Crippen molar-refractivity contribution in [3.63, 3.8) is 0 Å². The van der Waals surface area contributed by atoms with E-state index in [1.165, 1.54) is 6.42 Å². The molecule has 0 aromatic carbocycles. The van der Waals surface area contributed by atoms with E-state index in [0.717, 1.165) is 51.2 Å². The van der Waals surface area contributed by atoms with Crippen molar-refractivity contribution in [2.24, 2.45) is 33.5 Å². The number of Topliss-reactive ketones (excluding diaryl/α,β-unsaturated/α-hetero) is 1. The predicted octanol–water partition coefficient (Wildman–Crippen LogP) is 3.29. The van der Waals surface area contributed by atoms with E-state index in [4.69, 9.17) is 6.42 Å². The fourth-order valence-corrected chi connectivity index (χ4v) is 8.10. The van der Waals surface area contributed by atoms with Gasteiger partial charge in [0.15, 0.2) is 0 Å². The minimum Gasteiger partial charge on any atom is -0.345 e. The molecule has 1 spiro atoms. The predicted molar refractivity (Wildman–Crippen MR) is 103 cm³/mol. The summed E-state index contributed by atoms with van der Waals surface area (Å²) >= 11 is 0. The van der Waals surface area contributed by atoms with Crippen LogP contribution in [-0.2, 0) is 14.4 Å². The van der Waals surface area contributed by atoms with E-state index >= 15 is 0 Å². The van der Waals surface area contributed by atoms with Gasteiger partial charge in [-0.25, -0.2) is 0 Å². The lowest BCUT2D eigenvalue weighted by Gasteiger charge is -2.64. The molecule has 2 unspecified atom stereocenters. The van der Waals surface area contributed by atoms with Gasteiger partial charge in [0, 0.05) is 13.0 Å². The third kappa shape index (κ3) is 2.46. The second kappa shape index (κ2) is 5.93. The summed E-state index contributed by atoms with van der Waals surface area (Å²) in [5, 5.41) is 2.94. The number of fused-ring (bicyclic) bond motifs is 3. The highest BCUT2D eigenvalue weighted by molar-refractivity contribution is 6.01. The molecule has 4 fully saturated rings. The van der Waals surface area contributed by atoms with Crippen LogP contribution in [-0.4, -0.2) is 24.5 Å². The van der Waals surface area contributed by atoms with E-state index < -0.39 is 5.41 Å². The number of carbonyl (C=O) groups is 3. The molecule has 0 aromatic heterocycles. The molecule has 4 saturated carbocycles. The largest absolute Gasteiger partial charge is 0.345 e. The number of aldehydes is 1. The van der Waals surface area contributed by atoms with E-state index in [2.05, 4.69) is 25.1 Å². The SMILES string of the molecule is C#CC(=O)NC[C@]1(C)CCC[C@]2(C)C1CC[C@@]13CC(=O)[C@@](C=O)(CCC12)C3. The van der Waals surface area contributed by atoms with E-state index in [1.807, 2.05) is 0 Å². The summed E-state index contributed by atoms with van der Waals surface area (Å²) in [6.45, 7) is 5.37. The zero-order valence-electron chi connectivity index (χ0n) is 16.6. The maximum absolute atomic E-state index is 12.8. The van der Waals surface area contributed by atoms with Gasteiger partial charge in [-0.3, -0.25) is 9.59 Å². The van der Waals surface area contributed by atoms with Crippen molar-refractivity contribution in [2.75, 3.05) is 6.54 Å². The minimum atomic E-state index is -0.682. The second-order valence-corrected chi connectivity index (χ2v) is 10.4. The normalized spacial score (nSPS) is 48.1. The molecular weight excluding hydrogens is 338 g/mol. The molecule has 0 aliphatic heterocycles. The molecule has 0 aromatic rings. The fraction of sp³-hybridized carbons (Fsp3) is 0.783. The summed E-state index contributed by atoms with van der Waals surface area (Å²) in [5.74, 6) is 3.06. The van der Waals surface area contributed by atoms with Crippen molar-refractivity contribution in [1.29, 1.82) is 0 Å². The molecule has 1 amide bonds. The van der Waals surface area contributed by atoms with E-state index in [1.54, 1.807) is 0 Å². The Morgan fingerprint density at radius 1 is 1.22 bits per heavy atom. The second-order valence-electron chi connectivity index (χ2n) is 10.4. The van der Waals surface area contributed by atoms with E-state index in [-0.39, 0.29) is 27.9 Å². The minimum absolute atomic E-state index is 0.0296. The van der Waals surface area contributed by atoms with Crippen molar-refractivity contribution < 1.29 is 14.4 Å². The third-order valence-electron chi connectivity index (χ3n) is 9.19. The summed E-state index contributed by atoms with van der Waals surface area (Å²) in [4.78, 5) is 36.2. The van der Waals surface area contributed by atoms with Crippen molar-refractivity contribution in [3.05, 3.63) is 0 Å². The molecule has 2 bridgehead atoms. The Balaban J connectivity index is 1.64. The smallest absolute Gasteiger partial charge is 0.295 e. The highest BCUT2D eigenvalue weighted by Crippen LogP contribution is 2.72. The summed E-state index contributed by atoms with van der Waals surface area (Å²) in [6.07, 6.45) is 14.9. The molecule has 4 rings (SSSR count). The number of terminal acetylenes is 1. The zero-order chi connectivity index (χ0) is 19.5. The van der Waals surface area contributed by atoms with Gasteiger partial charge in [0.1, 0.15) is 12.1 Å². The van der Waals surface area contributed by atoms with Crippen LogP contribution in [0.15, 0.2) is 0 Å². The standard InChI is InChI=1S/C23H31NO3/c1-4-19(27)24-14-20(2)8-5-9-21(3)16(20)6-10-22-12-18(26)23(13-22,15-25)11-7-17(21)22/h1,15-17H,5-14H2,2-3H3,(H,24,27)/t16?,17?,20-,21+,22-,23-/m0/s1. The summed E-state index contributed by atoms with van der Waals surface area (Å²) in [6, 6.07) is 0. The average Bonchev–Trinajstić information content (AvgIpc) is 2.85. The lowest BCUT2D eigenvalue weighted by atomic mass is 9.40. The number of ketones is 1. The Kier molecular flexibility index (Phi) is 4.11. The molecule has 0 radical (unpaired) electrons. The Morgan fingerprint density at radius 3 is 2.67 bits per heavy atom. The molecule has 0 heterocycles. The van der Waals surface area contributed by atoms with Gasteiger partial charge in [0.05, 0.1) is 5.41 Å². The Labute approximate surface area is 162 Å². The van der Waals surface area contributed by atoms with E-state index in [9.17, 15) is 14.4 Å². The number of hydrogen-bond donors (Lipinski definition) is 1. The summed E-state index contributed by atoms with van der Waals surface area (Å²) in [7, 11) is 0. The highest BCUT2D eigenvalue weighted by atomic mass is 16.2. The quantitative estimate of drug-likeness (QED) is 0.472. The molecule has 4 aliphatic rings. The Hall–Kier alpha value is -1.63. The lowest BCUT2D eigenvalue weighted by Crippen LogP contribution is -2.59. The van der Waals surface area contributed by atoms with Gasteiger partial charge in [-0.05, 0) is 78.9 Å². The number of nitrogens with one attached hydrogen (secondary N) is 1. The first-order valence-corrected chi connectivity index (χ1v) is 10.5. The van der Waals surface area contributed by atoms with Crippen LogP contribution in [0.3, 0.4) is 0 Å². The molecule has 4 heteroatoms. The topological polar surface area (TPSA) is 63.2 Å². The lowest BCUT2D eigenvalue weighted by molar-refractivity contribution is -0.157. The molecule has 6 atom stereocenters. The van der Waals surface area contributed by atoms with Crippen LogP contribution in [0.5, 0.6) is 0 Å². The first kappa shape index (κ1) is 18.7. The van der Waals surface area contributed by atoms with Crippen LogP contribution in [0.2, 0.25) is 0 Å². The molecule has 0 saturated heterocycles. The number of rotatable bonds is 3. The number of hydrogen-bond acceptors (Lipinski definition) is 3. The van der Waals surface area contributed by atoms with Gasteiger partial charge < -0.3 is 10.1 Å². The maximum atomic E-state index is 12.8. The zero-order valence-corrected chi connectivity index (χ0v) is 16.6. The molecule has 4 nitrogen and oxygen atoms in total. The average molecular weight is 370 g/mol. The molecule has 146 valence electrons. The molecule has 4 aliphatic carbocycles. The van der Waals surface area contributed by atoms with Crippen molar-refractivity contribution in [2.45, 2.75) is 71.6 Å². The monoisotopic (exact) mass is 369 g/mol. The van der Waals surface area contributed by atoms with Gasteiger partial charge in [-0.2, -0.15) is 0 Å². The first-order valence-electron chi connectivity index (χ1n) is 10.5. The summed E-state index contributed by atoms with van der Waals surface area (Å²) < 4.78 is 0. The number of amides is 1. The Morgan fingerprint density at radius 2 is 1.96 bits per heavy atom. The van der Waals surface area contributed by atoms with Gasteiger partial charge in [-0.15, -0.1) is 6.42 Å². The van der Waals surface area contributed by atoms with Crippen LogP contribution in [0.4, 0.5) is 0 Å². The van der Waals surface area contributed by atoms with Crippen LogP contribution in [0.1, 0.15) is 71.6 Å². The molecular formula is C23H31NO3. The fourth-order valence-electron chi connectivity index (χ4n) is 8.10. The maximum Gasteiger partial charge on any atom is 0.295 e. The van der Waals surface area contributed by atoms with Crippen molar-refractivity contribution in [3.8, 4) is 12.3 Å². The molecule has 27 heavy (non-hydrogen) atoms. The van der Waals surface area contributed by atoms with Crippen molar-refractivity contribution in [1.82, 2.24) is 5.32 Å². The van der Waals surface area contributed by atoms with Gasteiger partial charge in [-0.1, -0.05) is 20.3 Å². The Bertz CT molecular complexity index is 738. The van der Waals surface area contributed by atoms with Gasteiger partial charge >= 0.3 is 0 Å². The van der Waals surface area contributed by atoms with Crippen molar-refractivity contribution >= 4 is 18.0 Å². The van der Waals surface area contributed by atoms with Crippen LogP contribution in [0, 0.1) is 45.8 Å². The summed E-state index contributed by atoms with van der Waals surface area (Å²) in [5.41, 5.74) is -0.436. The van der Waals surface area contributed by atoms with E-state index in [0.29, 0.717) is 24.8 Å². The van der Waals surface area contributed by atoms with Crippen LogP contribution >= 0.6 is 0 Å².